The van der Waals surface area contributed by atoms with Gasteiger partial charge in [0.25, 0.3) is 0 Å². The summed E-state index contributed by atoms with van der Waals surface area (Å²) in [5.41, 5.74) is 0.376. The molecule has 0 radical (unpaired) electrons. The molecule has 0 saturated heterocycles. The molecule has 0 heterocycles. The van der Waals surface area contributed by atoms with Crippen molar-refractivity contribution in [1.29, 1.82) is 0 Å². The zero-order chi connectivity index (χ0) is 9.07. The van der Waals surface area contributed by atoms with Gasteiger partial charge in [-0.1, -0.05) is 13.8 Å². The first-order valence-corrected chi connectivity index (χ1v) is 5.14. The first-order valence-electron chi connectivity index (χ1n) is 3.89. The summed E-state index contributed by atoms with van der Waals surface area (Å²) in [5.74, 6) is 0. The molecule has 2 nitrogen and oxygen atoms in total. The van der Waals surface area contributed by atoms with Crippen LogP contribution < -0.4 is 0 Å². The Morgan fingerprint density at radius 2 is 1.64 bits per heavy atom. The van der Waals surface area contributed by atoms with Crippen molar-refractivity contribution in [3.63, 3.8) is 0 Å². The Balaban J connectivity index is 3.88. The molecule has 0 rings (SSSR count). The van der Waals surface area contributed by atoms with Gasteiger partial charge in [-0.25, -0.2) is 0 Å². The maximum Gasteiger partial charge on any atom is 0.173 e. The first-order chi connectivity index (χ1) is 4.87. The van der Waals surface area contributed by atoms with Gasteiger partial charge in [0.05, 0.1) is 5.60 Å². The van der Waals surface area contributed by atoms with Gasteiger partial charge in [-0.05, 0) is 20.8 Å². The van der Waals surface area contributed by atoms with E-state index in [1.165, 1.54) is 0 Å². The highest BCUT2D eigenvalue weighted by Crippen LogP contribution is 2.45. The zero-order valence-corrected chi connectivity index (χ0v) is 9.24. The minimum atomic E-state index is -0.706. The van der Waals surface area contributed by atoms with Crippen molar-refractivity contribution < 1.29 is 9.05 Å². The molecule has 0 spiro atoms. The van der Waals surface area contributed by atoms with E-state index in [0.717, 1.165) is 0 Å². The lowest BCUT2D eigenvalue weighted by Gasteiger charge is -2.27. The second-order valence-corrected chi connectivity index (χ2v) is 5.92. The van der Waals surface area contributed by atoms with Gasteiger partial charge in [0.15, 0.2) is 8.38 Å². The Morgan fingerprint density at radius 3 is 1.73 bits per heavy atom. The van der Waals surface area contributed by atoms with E-state index in [9.17, 15) is 0 Å². The van der Waals surface area contributed by atoms with Gasteiger partial charge in [0.1, 0.15) is 0 Å². The van der Waals surface area contributed by atoms with Crippen LogP contribution in [0.3, 0.4) is 0 Å². The van der Waals surface area contributed by atoms with Crippen molar-refractivity contribution in [2.24, 2.45) is 0 Å². The molecule has 0 saturated carbocycles. The smallest absolute Gasteiger partial charge is 0.173 e. The van der Waals surface area contributed by atoms with Gasteiger partial charge in [0, 0.05) is 12.8 Å². The Bertz CT molecular complexity index is 107. The van der Waals surface area contributed by atoms with Crippen molar-refractivity contribution in [2.75, 3.05) is 7.11 Å². The van der Waals surface area contributed by atoms with Gasteiger partial charge in [-0.2, -0.15) is 0 Å². The Labute approximate surface area is 71.2 Å². The molecule has 0 aliphatic carbocycles. The van der Waals surface area contributed by atoms with Crippen LogP contribution >= 0.6 is 8.38 Å². The van der Waals surface area contributed by atoms with Gasteiger partial charge in [0.2, 0.25) is 0 Å². The van der Waals surface area contributed by atoms with E-state index in [4.69, 9.17) is 9.05 Å². The zero-order valence-electron chi connectivity index (χ0n) is 8.34. The van der Waals surface area contributed by atoms with Crippen molar-refractivity contribution in [2.45, 2.75) is 45.9 Å². The van der Waals surface area contributed by atoms with E-state index in [1.807, 2.05) is 20.8 Å². The molecule has 1 unspecified atom stereocenters. The second kappa shape index (κ2) is 4.39. The highest BCUT2D eigenvalue weighted by Gasteiger charge is 2.21. The summed E-state index contributed by atoms with van der Waals surface area (Å²) in [7, 11) is 1.00. The topological polar surface area (TPSA) is 18.5 Å². The van der Waals surface area contributed by atoms with Gasteiger partial charge in [-0.3, -0.25) is 0 Å². The highest BCUT2D eigenvalue weighted by atomic mass is 31.2. The molecule has 0 fully saturated rings. The van der Waals surface area contributed by atoms with E-state index < -0.39 is 8.38 Å². The molecule has 3 heteroatoms. The van der Waals surface area contributed by atoms with Crippen LogP contribution in [0.5, 0.6) is 0 Å². The average molecular weight is 178 g/mol. The third-order valence-corrected chi connectivity index (χ3v) is 2.90. The van der Waals surface area contributed by atoms with Crippen molar-refractivity contribution >= 4 is 8.38 Å². The molecule has 1 atom stereocenters. The highest BCUT2D eigenvalue weighted by molar-refractivity contribution is 7.48. The van der Waals surface area contributed by atoms with Crippen molar-refractivity contribution in [1.82, 2.24) is 0 Å². The van der Waals surface area contributed by atoms with Crippen LogP contribution in [0.1, 0.15) is 34.6 Å². The van der Waals surface area contributed by atoms with E-state index in [-0.39, 0.29) is 5.60 Å². The van der Waals surface area contributed by atoms with Crippen LogP contribution in [-0.4, -0.2) is 18.4 Å². The van der Waals surface area contributed by atoms with Crippen LogP contribution in [0.2, 0.25) is 0 Å². The van der Waals surface area contributed by atoms with Crippen LogP contribution in [0.25, 0.3) is 0 Å². The fourth-order valence-corrected chi connectivity index (χ4v) is 1.87. The van der Waals surface area contributed by atoms with Crippen LogP contribution in [-0.2, 0) is 9.05 Å². The van der Waals surface area contributed by atoms with Crippen LogP contribution in [0.4, 0.5) is 0 Å². The molecule has 0 amide bonds. The Morgan fingerprint density at radius 1 is 1.18 bits per heavy atom. The molecule has 11 heavy (non-hydrogen) atoms. The normalized spacial score (nSPS) is 15.5. The standard InChI is InChI=1S/C8H19O2P/c1-7(2)11(9-6)10-8(3,4)5/h7H,1-6H3. The largest absolute Gasteiger partial charge is 0.337 e. The van der Waals surface area contributed by atoms with Gasteiger partial charge >= 0.3 is 0 Å². The fourth-order valence-electron chi connectivity index (χ4n) is 0.623. The molecule has 0 aromatic rings. The summed E-state index contributed by atoms with van der Waals surface area (Å²) in [6.07, 6.45) is 0. The first kappa shape index (κ1) is 11.4. The van der Waals surface area contributed by atoms with Crippen LogP contribution in [0.15, 0.2) is 0 Å². The molecule has 0 aliphatic rings. The van der Waals surface area contributed by atoms with E-state index >= 15 is 0 Å². The fraction of sp³-hybridized carbons (Fsp3) is 1.00. The summed E-state index contributed by atoms with van der Waals surface area (Å²) in [4.78, 5) is 0. The lowest BCUT2D eigenvalue weighted by molar-refractivity contribution is 0.124. The van der Waals surface area contributed by atoms with Crippen molar-refractivity contribution in [3.05, 3.63) is 0 Å². The molecule has 0 aromatic heterocycles. The maximum atomic E-state index is 5.69. The predicted molar refractivity (Wildman–Crippen MR) is 49.9 cm³/mol. The SMILES string of the molecule is COP(OC(C)(C)C)C(C)C. The van der Waals surface area contributed by atoms with Gasteiger partial charge < -0.3 is 9.05 Å². The third kappa shape index (κ3) is 5.60. The lowest BCUT2D eigenvalue weighted by Crippen LogP contribution is -2.18. The summed E-state index contributed by atoms with van der Waals surface area (Å²) in [6, 6.07) is 0. The third-order valence-electron chi connectivity index (χ3n) is 0.965. The van der Waals surface area contributed by atoms with E-state index in [1.54, 1.807) is 7.11 Å². The van der Waals surface area contributed by atoms with Crippen molar-refractivity contribution in [3.8, 4) is 0 Å². The number of hydrogen-bond donors (Lipinski definition) is 0. The summed E-state index contributed by atoms with van der Waals surface area (Å²) in [6.45, 7) is 10.4. The lowest BCUT2D eigenvalue weighted by atomic mass is 10.2. The molecule has 68 valence electrons. The summed E-state index contributed by atoms with van der Waals surface area (Å²) in [5, 5.41) is 0. The molecule has 0 bridgehead atoms. The second-order valence-electron chi connectivity index (χ2n) is 3.77. The Kier molecular flexibility index (Phi) is 4.53. The molecular weight excluding hydrogens is 159 g/mol. The Hall–Kier alpha value is 0.350. The number of rotatable bonds is 3. The predicted octanol–water partition coefficient (Wildman–Crippen LogP) is 3.17. The maximum absolute atomic E-state index is 5.69. The quantitative estimate of drug-likeness (QED) is 0.618. The van der Waals surface area contributed by atoms with E-state index in [2.05, 4.69) is 13.8 Å². The minimum absolute atomic E-state index is 0.0913. The van der Waals surface area contributed by atoms with Crippen LogP contribution in [0, 0.1) is 0 Å². The monoisotopic (exact) mass is 178 g/mol. The molecule has 0 N–H and O–H groups in total. The molecule has 0 aliphatic heterocycles. The molecular formula is C8H19O2P. The average Bonchev–Trinajstić information content (AvgIpc) is 1.80. The van der Waals surface area contributed by atoms with E-state index in [0.29, 0.717) is 5.66 Å². The minimum Gasteiger partial charge on any atom is -0.337 e. The summed E-state index contributed by atoms with van der Waals surface area (Å²) >= 11 is 0. The number of hydrogen-bond acceptors (Lipinski definition) is 2. The summed E-state index contributed by atoms with van der Waals surface area (Å²) < 4.78 is 10.9. The van der Waals surface area contributed by atoms with Gasteiger partial charge in [-0.15, -0.1) is 0 Å². The molecule has 0 aromatic carbocycles.